The predicted octanol–water partition coefficient (Wildman–Crippen LogP) is 2.07. The molecule has 27 heavy (non-hydrogen) atoms. The minimum Gasteiger partial charge on any atom is -0.382 e. The number of carbonyl (C=O) groups is 1. The van der Waals surface area contributed by atoms with E-state index in [9.17, 15) is 18.4 Å². The van der Waals surface area contributed by atoms with Gasteiger partial charge in [0, 0.05) is 17.9 Å². The Morgan fingerprint density at radius 1 is 1.30 bits per heavy atom. The molecule has 2 aromatic rings. The first kappa shape index (κ1) is 19.3. The van der Waals surface area contributed by atoms with Crippen LogP contribution in [0.5, 0.6) is 0 Å². The summed E-state index contributed by atoms with van der Waals surface area (Å²) in [5, 5.41) is 2.66. The number of halogens is 2. The van der Waals surface area contributed by atoms with Gasteiger partial charge in [-0.1, -0.05) is 11.8 Å². The summed E-state index contributed by atoms with van der Waals surface area (Å²) in [6.45, 7) is 3.06. The smallest absolute Gasteiger partial charge is 0.277 e. The van der Waals surface area contributed by atoms with E-state index in [1.165, 1.54) is 24.6 Å². The zero-order chi connectivity index (χ0) is 19.4. The first-order valence-corrected chi connectivity index (χ1v) is 9.44. The molecule has 1 aromatic carbocycles. The topological polar surface area (TPSA) is 104 Å². The van der Waals surface area contributed by atoms with E-state index in [-0.39, 0.29) is 17.1 Å². The standard InChI is InChI=1S/C17H19F2N5O2S/c18-11-4-3-10(9-12(11)19)15(25)21-13-14(20)22-17(23-16(13)26)27-8-7-24-5-1-2-6-24/h3-4,9H,1-2,5-8H2,(H,21,25)(H3,20,22,23,26). The van der Waals surface area contributed by atoms with Crippen molar-refractivity contribution in [2.45, 2.75) is 18.0 Å². The highest BCUT2D eigenvalue weighted by atomic mass is 32.2. The van der Waals surface area contributed by atoms with Gasteiger partial charge in [-0.2, -0.15) is 0 Å². The van der Waals surface area contributed by atoms with Gasteiger partial charge in [-0.15, -0.1) is 0 Å². The van der Waals surface area contributed by atoms with Crippen LogP contribution in [0, 0.1) is 11.6 Å². The third-order valence-electron chi connectivity index (χ3n) is 4.19. The number of likely N-dealkylation sites (tertiary alicyclic amines) is 1. The molecule has 0 saturated carbocycles. The molecule has 0 atom stereocenters. The third-order valence-corrected chi connectivity index (χ3v) is 5.04. The number of hydrogen-bond donors (Lipinski definition) is 3. The Labute approximate surface area is 158 Å². The summed E-state index contributed by atoms with van der Waals surface area (Å²) in [7, 11) is 0. The van der Waals surface area contributed by atoms with Gasteiger partial charge >= 0.3 is 0 Å². The number of H-pyrrole nitrogens is 1. The molecule has 0 unspecified atom stereocenters. The molecule has 2 heterocycles. The molecule has 4 N–H and O–H groups in total. The first-order chi connectivity index (χ1) is 12.9. The average molecular weight is 395 g/mol. The van der Waals surface area contributed by atoms with E-state index in [1.807, 2.05) is 0 Å². The van der Waals surface area contributed by atoms with Crippen molar-refractivity contribution in [2.75, 3.05) is 36.4 Å². The SMILES string of the molecule is Nc1nc(SCCN2CCCC2)[nH]c(=O)c1NC(=O)c1ccc(F)c(F)c1. The van der Waals surface area contributed by atoms with Gasteiger partial charge in [0.15, 0.2) is 22.6 Å². The van der Waals surface area contributed by atoms with Crippen molar-refractivity contribution in [3.63, 3.8) is 0 Å². The molecule has 1 aliphatic rings. The predicted molar refractivity (Wildman–Crippen MR) is 100.0 cm³/mol. The lowest BCUT2D eigenvalue weighted by molar-refractivity contribution is 0.102. The summed E-state index contributed by atoms with van der Waals surface area (Å²) in [6, 6.07) is 2.68. The van der Waals surface area contributed by atoms with E-state index < -0.39 is 23.1 Å². The molecule has 1 fully saturated rings. The fourth-order valence-corrected chi connectivity index (χ4v) is 3.63. The molecule has 0 bridgehead atoms. The Balaban J connectivity index is 1.66. The Morgan fingerprint density at radius 2 is 2.04 bits per heavy atom. The number of rotatable bonds is 6. The fraction of sp³-hybridized carbons (Fsp3) is 0.353. The third kappa shape index (κ3) is 4.83. The highest BCUT2D eigenvalue weighted by Crippen LogP contribution is 2.18. The molecule has 10 heteroatoms. The summed E-state index contributed by atoms with van der Waals surface area (Å²) in [4.78, 5) is 33.4. The summed E-state index contributed by atoms with van der Waals surface area (Å²) in [5.41, 5.74) is 4.81. The van der Waals surface area contributed by atoms with E-state index >= 15 is 0 Å². The zero-order valence-electron chi connectivity index (χ0n) is 14.4. The van der Waals surface area contributed by atoms with Crippen LogP contribution in [0.15, 0.2) is 28.2 Å². The molecule has 1 saturated heterocycles. The molecule has 1 amide bonds. The van der Waals surface area contributed by atoms with Gasteiger partial charge in [0.25, 0.3) is 11.5 Å². The largest absolute Gasteiger partial charge is 0.382 e. The van der Waals surface area contributed by atoms with Gasteiger partial charge in [-0.3, -0.25) is 14.6 Å². The number of nitrogens with two attached hydrogens (primary N) is 1. The molecule has 7 nitrogen and oxygen atoms in total. The Bertz CT molecular complexity index is 899. The molecular formula is C17H19F2N5O2S. The number of hydrogen-bond acceptors (Lipinski definition) is 6. The molecule has 3 rings (SSSR count). The number of anilines is 2. The number of benzene rings is 1. The van der Waals surface area contributed by atoms with Crippen LogP contribution >= 0.6 is 11.8 Å². The zero-order valence-corrected chi connectivity index (χ0v) is 15.2. The van der Waals surface area contributed by atoms with Crippen LogP contribution < -0.4 is 16.6 Å². The second-order valence-corrected chi connectivity index (χ2v) is 7.20. The van der Waals surface area contributed by atoms with Crippen LogP contribution in [0.4, 0.5) is 20.3 Å². The van der Waals surface area contributed by atoms with Gasteiger partial charge in [-0.05, 0) is 44.1 Å². The van der Waals surface area contributed by atoms with Crippen molar-refractivity contribution in [1.82, 2.24) is 14.9 Å². The van der Waals surface area contributed by atoms with Gasteiger partial charge in [0.1, 0.15) is 5.69 Å². The second kappa shape index (κ2) is 8.49. The van der Waals surface area contributed by atoms with Crippen molar-refractivity contribution < 1.29 is 13.6 Å². The minimum absolute atomic E-state index is 0.140. The maximum absolute atomic E-state index is 13.3. The van der Waals surface area contributed by atoms with Crippen LogP contribution in [0.1, 0.15) is 23.2 Å². The van der Waals surface area contributed by atoms with Gasteiger partial charge in [0.05, 0.1) is 0 Å². The number of aromatic amines is 1. The first-order valence-electron chi connectivity index (χ1n) is 8.45. The summed E-state index contributed by atoms with van der Waals surface area (Å²) < 4.78 is 26.2. The van der Waals surface area contributed by atoms with Crippen molar-refractivity contribution >= 4 is 29.2 Å². The second-order valence-electron chi connectivity index (χ2n) is 6.11. The summed E-state index contributed by atoms with van der Waals surface area (Å²) >= 11 is 1.37. The summed E-state index contributed by atoms with van der Waals surface area (Å²) in [5.74, 6) is -2.41. The normalized spacial score (nSPS) is 14.4. The molecule has 0 spiro atoms. The van der Waals surface area contributed by atoms with Crippen LogP contribution in [0.25, 0.3) is 0 Å². The maximum atomic E-state index is 13.3. The van der Waals surface area contributed by atoms with E-state index in [4.69, 9.17) is 5.73 Å². The number of amides is 1. The van der Waals surface area contributed by atoms with Gasteiger partial charge in [-0.25, -0.2) is 13.8 Å². The van der Waals surface area contributed by atoms with E-state index in [0.29, 0.717) is 5.16 Å². The lowest BCUT2D eigenvalue weighted by atomic mass is 10.2. The minimum atomic E-state index is -1.16. The quantitative estimate of drug-likeness (QED) is 0.511. The molecule has 144 valence electrons. The summed E-state index contributed by atoms with van der Waals surface area (Å²) in [6.07, 6.45) is 2.41. The molecule has 0 aliphatic carbocycles. The Hall–Kier alpha value is -2.46. The average Bonchev–Trinajstić information content (AvgIpc) is 3.14. The van der Waals surface area contributed by atoms with Gasteiger partial charge < -0.3 is 16.0 Å². The highest BCUT2D eigenvalue weighted by molar-refractivity contribution is 7.99. The number of nitrogens with one attached hydrogen (secondary N) is 2. The molecular weight excluding hydrogens is 376 g/mol. The monoisotopic (exact) mass is 395 g/mol. The maximum Gasteiger partial charge on any atom is 0.277 e. The molecule has 1 aliphatic heterocycles. The van der Waals surface area contributed by atoms with Crippen molar-refractivity contribution in [3.8, 4) is 0 Å². The van der Waals surface area contributed by atoms with Crippen molar-refractivity contribution in [1.29, 1.82) is 0 Å². The highest BCUT2D eigenvalue weighted by Gasteiger charge is 2.16. The van der Waals surface area contributed by atoms with E-state index in [2.05, 4.69) is 20.2 Å². The lowest BCUT2D eigenvalue weighted by Crippen LogP contribution is -2.24. The van der Waals surface area contributed by atoms with Crippen LogP contribution in [0.3, 0.4) is 0 Å². The van der Waals surface area contributed by atoms with Crippen LogP contribution in [-0.2, 0) is 0 Å². The van der Waals surface area contributed by atoms with Crippen LogP contribution in [-0.4, -0.2) is 46.2 Å². The number of aromatic nitrogens is 2. The van der Waals surface area contributed by atoms with Crippen molar-refractivity contribution in [3.05, 3.63) is 45.8 Å². The van der Waals surface area contributed by atoms with E-state index in [1.54, 1.807) is 0 Å². The Morgan fingerprint density at radius 3 is 2.70 bits per heavy atom. The number of carbonyl (C=O) groups excluding carboxylic acids is 1. The number of thioether (sulfide) groups is 1. The number of nitrogen functional groups attached to an aromatic ring is 1. The van der Waals surface area contributed by atoms with Gasteiger partial charge in [0.2, 0.25) is 0 Å². The van der Waals surface area contributed by atoms with Crippen molar-refractivity contribution in [2.24, 2.45) is 0 Å². The lowest BCUT2D eigenvalue weighted by Gasteiger charge is -2.13. The van der Waals surface area contributed by atoms with Crippen LogP contribution in [0.2, 0.25) is 0 Å². The molecule has 0 radical (unpaired) electrons. The fourth-order valence-electron chi connectivity index (χ4n) is 2.76. The molecule has 1 aromatic heterocycles. The van der Waals surface area contributed by atoms with E-state index in [0.717, 1.165) is 43.6 Å². The number of nitrogens with zero attached hydrogens (tertiary/aromatic N) is 2. The Kier molecular flexibility index (Phi) is 6.07.